The summed E-state index contributed by atoms with van der Waals surface area (Å²) in [5.41, 5.74) is 1.39. The molecule has 0 bridgehead atoms. The number of unbranched alkanes of at least 4 members (excludes halogenated alkanes) is 1. The van der Waals surface area contributed by atoms with E-state index in [0.717, 1.165) is 50.8 Å². The smallest absolute Gasteiger partial charge is 0.153 e. The van der Waals surface area contributed by atoms with Gasteiger partial charge in [-0.25, -0.2) is 0 Å². The summed E-state index contributed by atoms with van der Waals surface area (Å²) in [4.78, 5) is 0. The van der Waals surface area contributed by atoms with E-state index in [9.17, 15) is 10.2 Å². The highest BCUT2D eigenvalue weighted by molar-refractivity contribution is 7.12. The van der Waals surface area contributed by atoms with Crippen molar-refractivity contribution in [1.29, 1.82) is 0 Å². The van der Waals surface area contributed by atoms with Crippen molar-refractivity contribution in [3.8, 4) is 22.6 Å². The topological polar surface area (TPSA) is 40.5 Å². The fourth-order valence-corrected chi connectivity index (χ4v) is 17.6. The van der Waals surface area contributed by atoms with E-state index in [1.165, 1.54) is 20.7 Å². The van der Waals surface area contributed by atoms with Gasteiger partial charge in [0.05, 0.1) is 0 Å². The van der Waals surface area contributed by atoms with E-state index in [2.05, 4.69) is 183 Å². The molecule has 0 saturated heterocycles. The number of hydrogen-bond acceptors (Lipinski definition) is 2. The van der Waals surface area contributed by atoms with Gasteiger partial charge in [-0.15, -0.1) is 0 Å². The summed E-state index contributed by atoms with van der Waals surface area (Å²) < 4.78 is 0. The van der Waals surface area contributed by atoms with E-state index in [-0.39, 0.29) is 11.5 Å². The Morgan fingerprint density at radius 2 is 0.792 bits per heavy atom. The molecule has 0 saturated carbocycles. The lowest BCUT2D eigenvalue weighted by Crippen LogP contribution is -2.67. The van der Waals surface area contributed by atoms with Crippen molar-refractivity contribution in [3.63, 3.8) is 0 Å². The average Bonchev–Trinajstić information content (AvgIpc) is 3.22. The van der Waals surface area contributed by atoms with Gasteiger partial charge in [-0.1, -0.05) is 208 Å². The lowest BCUT2D eigenvalue weighted by Gasteiger charge is -2.35. The number of benzene rings is 8. The maximum Gasteiger partial charge on any atom is 0.153 e. The van der Waals surface area contributed by atoms with Crippen LogP contribution in [0, 0.1) is 0 Å². The Morgan fingerprint density at radius 1 is 0.434 bits per heavy atom. The van der Waals surface area contributed by atoms with Crippen LogP contribution in [0.15, 0.2) is 182 Å². The third-order valence-corrected chi connectivity index (χ3v) is 20.9. The van der Waals surface area contributed by atoms with Gasteiger partial charge >= 0.3 is 0 Å². The predicted octanol–water partition coefficient (Wildman–Crippen LogP) is 8.44. The summed E-state index contributed by atoms with van der Waals surface area (Å²) in [6.45, 7) is 4.59. The molecule has 8 rings (SSSR count). The number of fused-ring (bicyclic) bond motifs is 2. The summed E-state index contributed by atoms with van der Waals surface area (Å²) in [5, 5.41) is 37.1. The van der Waals surface area contributed by atoms with Crippen LogP contribution in [0.25, 0.3) is 32.7 Å². The van der Waals surface area contributed by atoms with Crippen molar-refractivity contribution in [1.82, 2.24) is 0 Å². The fraction of sp³-hybridized carbons (Fsp3) is 0.102. The second kappa shape index (κ2) is 14.4. The van der Waals surface area contributed by atoms with E-state index < -0.39 is 16.1 Å². The standard InChI is InChI=1S/C49H44O2Si2/c1-3-4-33-53(40-27-13-7-14-28-40,41-29-15-8-16-30-41)45-35-37-22-18-20-32-43(37)47(49(45)51)46-42-31-19-17-21-36(42)34-44(48(46)50)52(2,38-23-9-5-10-24-38)39-25-11-6-12-26-39/h5-32,34-35,50-51H,3-4,33H2,1-2H3. The minimum absolute atomic E-state index is 0.239. The molecular formula is C49H44O2Si2. The number of phenols is 2. The van der Waals surface area contributed by atoms with Crippen molar-refractivity contribution >= 4 is 68.8 Å². The Kier molecular flexibility index (Phi) is 9.34. The fourth-order valence-electron chi connectivity index (χ4n) is 8.69. The first-order valence-corrected chi connectivity index (χ1v) is 23.4. The molecule has 0 aliphatic carbocycles. The number of rotatable bonds is 10. The molecule has 2 nitrogen and oxygen atoms in total. The molecule has 53 heavy (non-hydrogen) atoms. The molecule has 4 heteroatoms. The van der Waals surface area contributed by atoms with Crippen LogP contribution < -0.4 is 31.1 Å². The van der Waals surface area contributed by atoms with E-state index in [1.54, 1.807) is 0 Å². The molecule has 0 fully saturated rings. The van der Waals surface area contributed by atoms with Crippen LogP contribution in [0.2, 0.25) is 12.6 Å². The van der Waals surface area contributed by atoms with Crippen LogP contribution in [0.3, 0.4) is 0 Å². The second-order valence-corrected chi connectivity index (χ2v) is 22.3. The molecule has 0 heterocycles. The highest BCUT2D eigenvalue weighted by atomic mass is 28.3. The number of phenolic OH excluding ortho intramolecular Hbond substituents is 2. The first kappa shape index (κ1) is 34.4. The molecule has 0 aromatic heterocycles. The summed E-state index contributed by atoms with van der Waals surface area (Å²) in [6.07, 6.45) is 2.07. The van der Waals surface area contributed by atoms with Crippen molar-refractivity contribution in [3.05, 3.63) is 182 Å². The summed E-state index contributed by atoms with van der Waals surface area (Å²) in [5.74, 6) is 0.503. The molecule has 0 unspecified atom stereocenters. The molecule has 0 radical (unpaired) electrons. The normalized spacial score (nSPS) is 12.0. The Morgan fingerprint density at radius 3 is 1.23 bits per heavy atom. The Hall–Kier alpha value is -5.69. The van der Waals surface area contributed by atoms with Crippen LogP contribution in [0.5, 0.6) is 11.5 Å². The van der Waals surface area contributed by atoms with Crippen LogP contribution in [-0.4, -0.2) is 26.4 Å². The van der Waals surface area contributed by atoms with Crippen molar-refractivity contribution < 1.29 is 10.2 Å². The third kappa shape index (κ3) is 5.79. The van der Waals surface area contributed by atoms with Gasteiger partial charge in [0, 0.05) is 11.1 Å². The van der Waals surface area contributed by atoms with Gasteiger partial charge in [-0.3, -0.25) is 0 Å². The average molecular weight is 721 g/mol. The Bertz CT molecular complexity index is 2440. The summed E-state index contributed by atoms with van der Waals surface area (Å²) in [6, 6.07) is 65.1. The summed E-state index contributed by atoms with van der Waals surface area (Å²) >= 11 is 0. The highest BCUT2D eigenvalue weighted by Crippen LogP contribution is 2.45. The molecule has 8 aromatic carbocycles. The largest absolute Gasteiger partial charge is 0.507 e. The highest BCUT2D eigenvalue weighted by Gasteiger charge is 2.43. The molecule has 2 N–H and O–H groups in total. The van der Waals surface area contributed by atoms with Crippen LogP contribution in [-0.2, 0) is 0 Å². The zero-order valence-corrected chi connectivity index (χ0v) is 32.3. The molecule has 0 aliphatic heterocycles. The van der Waals surface area contributed by atoms with Gasteiger partial charge < -0.3 is 10.2 Å². The van der Waals surface area contributed by atoms with E-state index >= 15 is 0 Å². The van der Waals surface area contributed by atoms with Gasteiger partial charge in [0.1, 0.15) is 19.6 Å². The number of hydrogen-bond donors (Lipinski definition) is 2. The summed E-state index contributed by atoms with van der Waals surface area (Å²) in [7, 11) is -5.62. The molecule has 260 valence electrons. The van der Waals surface area contributed by atoms with Gasteiger partial charge in [0.2, 0.25) is 0 Å². The maximum atomic E-state index is 13.2. The Balaban J connectivity index is 1.53. The quantitative estimate of drug-likeness (QED) is 0.110. The minimum Gasteiger partial charge on any atom is -0.507 e. The first-order chi connectivity index (χ1) is 26.0. The van der Waals surface area contributed by atoms with Gasteiger partial charge in [-0.05, 0) is 58.7 Å². The minimum atomic E-state index is -2.83. The van der Waals surface area contributed by atoms with Crippen LogP contribution >= 0.6 is 0 Å². The molecule has 0 spiro atoms. The Labute approximate surface area is 314 Å². The van der Waals surface area contributed by atoms with Gasteiger partial charge in [0.25, 0.3) is 0 Å². The van der Waals surface area contributed by atoms with Crippen molar-refractivity contribution in [2.45, 2.75) is 32.4 Å². The van der Waals surface area contributed by atoms with Crippen molar-refractivity contribution in [2.24, 2.45) is 0 Å². The lowest BCUT2D eigenvalue weighted by molar-refractivity contribution is 0.474. The van der Waals surface area contributed by atoms with Crippen molar-refractivity contribution in [2.75, 3.05) is 0 Å². The zero-order chi connectivity index (χ0) is 36.4. The van der Waals surface area contributed by atoms with E-state index in [0.29, 0.717) is 11.1 Å². The SMILES string of the molecule is CCCC[Si](c1ccccc1)(c1ccccc1)c1cc2ccccc2c(-c2c(O)c([Si](C)(c3ccccc3)c3ccccc3)cc3ccccc23)c1O. The third-order valence-electron chi connectivity index (χ3n) is 11.4. The molecule has 8 aromatic rings. The zero-order valence-electron chi connectivity index (χ0n) is 30.3. The van der Waals surface area contributed by atoms with Gasteiger partial charge in [-0.2, -0.15) is 0 Å². The molecule has 0 aliphatic rings. The van der Waals surface area contributed by atoms with E-state index in [4.69, 9.17) is 0 Å². The maximum absolute atomic E-state index is 13.2. The van der Waals surface area contributed by atoms with Crippen LogP contribution in [0.4, 0.5) is 0 Å². The van der Waals surface area contributed by atoms with Gasteiger partial charge in [0.15, 0.2) is 8.07 Å². The lowest BCUT2D eigenvalue weighted by atomic mass is 9.92. The van der Waals surface area contributed by atoms with E-state index in [1.807, 2.05) is 12.1 Å². The van der Waals surface area contributed by atoms with Crippen LogP contribution in [0.1, 0.15) is 19.8 Å². The monoisotopic (exact) mass is 720 g/mol. The molecule has 0 atom stereocenters. The predicted molar refractivity (Wildman–Crippen MR) is 231 cm³/mol. The first-order valence-electron chi connectivity index (χ1n) is 18.7. The second-order valence-electron chi connectivity index (χ2n) is 14.3. The molecule has 0 amide bonds. The number of aromatic hydroxyl groups is 2. The molecular weight excluding hydrogens is 677 g/mol.